The van der Waals surface area contributed by atoms with Crippen molar-refractivity contribution in [2.45, 2.75) is 26.5 Å². The number of benzene rings is 4. The minimum Gasteiger partial charge on any atom is -0.487 e. The third-order valence-electron chi connectivity index (χ3n) is 9.05. The number of halogens is 3. The molecule has 268 valence electrons. The molecule has 0 atom stereocenters. The number of hydrogen-bond acceptors (Lipinski definition) is 6. The molecule has 2 heterocycles. The van der Waals surface area contributed by atoms with Gasteiger partial charge < -0.3 is 19.3 Å². The van der Waals surface area contributed by atoms with Crippen molar-refractivity contribution in [2.75, 3.05) is 44.7 Å². The number of aryl methyl sites for hydroxylation is 1. The quantitative estimate of drug-likeness (QED) is 0.112. The van der Waals surface area contributed by atoms with E-state index in [2.05, 4.69) is 39.0 Å². The molecule has 0 N–H and O–H groups in total. The molecule has 5 aromatic rings. The van der Waals surface area contributed by atoms with Crippen molar-refractivity contribution in [1.82, 2.24) is 14.8 Å². The van der Waals surface area contributed by atoms with Gasteiger partial charge in [-0.15, -0.1) is 0 Å². The van der Waals surface area contributed by atoms with Crippen molar-refractivity contribution in [1.29, 1.82) is 0 Å². The number of pyridine rings is 1. The first-order chi connectivity index (χ1) is 25.2. The average molecular weight is 740 g/mol. The van der Waals surface area contributed by atoms with Crippen molar-refractivity contribution < 1.29 is 18.7 Å². The lowest BCUT2D eigenvalue weighted by atomic mass is 10.1. The van der Waals surface area contributed by atoms with Gasteiger partial charge in [-0.25, -0.2) is 9.37 Å². The summed E-state index contributed by atoms with van der Waals surface area (Å²) in [7, 11) is 2.02. The Hall–Kier alpha value is -4.89. The highest BCUT2D eigenvalue weighted by atomic mass is 35.5. The minimum atomic E-state index is -0.223. The third-order valence-corrected chi connectivity index (χ3v) is 9.70. The number of hydrogen-bond donors (Lipinski definition) is 0. The second-order valence-electron chi connectivity index (χ2n) is 12.9. The predicted octanol–water partition coefficient (Wildman–Crippen LogP) is 9.24. The van der Waals surface area contributed by atoms with Crippen LogP contribution in [0.15, 0.2) is 109 Å². The Morgan fingerprint density at radius 1 is 0.904 bits per heavy atom. The summed E-state index contributed by atoms with van der Waals surface area (Å²) in [4.78, 5) is 23.8. The number of carbonyl (C=O) groups excluding carboxylic acids is 1. The van der Waals surface area contributed by atoms with Crippen LogP contribution in [0.1, 0.15) is 27.8 Å². The topological polar surface area (TPSA) is 58.1 Å². The largest absolute Gasteiger partial charge is 0.487 e. The lowest BCUT2D eigenvalue weighted by molar-refractivity contribution is -0.127. The van der Waals surface area contributed by atoms with Crippen LogP contribution >= 0.6 is 23.2 Å². The Morgan fingerprint density at radius 3 is 2.33 bits per heavy atom. The van der Waals surface area contributed by atoms with Crippen molar-refractivity contribution >= 4 is 40.9 Å². The zero-order chi connectivity index (χ0) is 36.5. The molecule has 1 aliphatic heterocycles. The van der Waals surface area contributed by atoms with E-state index in [-0.39, 0.29) is 11.7 Å². The van der Waals surface area contributed by atoms with Crippen LogP contribution < -0.4 is 14.4 Å². The first-order valence-electron chi connectivity index (χ1n) is 17.2. The van der Waals surface area contributed by atoms with Gasteiger partial charge in [-0.05, 0) is 90.2 Å². The van der Waals surface area contributed by atoms with Crippen molar-refractivity contribution in [3.63, 3.8) is 0 Å². The molecule has 0 spiro atoms. The first-order valence-corrected chi connectivity index (χ1v) is 18.0. The van der Waals surface area contributed by atoms with Gasteiger partial charge in [0.15, 0.2) is 5.75 Å². The molecule has 1 saturated heterocycles. The highest BCUT2D eigenvalue weighted by Gasteiger charge is 2.20. The molecule has 1 aromatic heterocycles. The van der Waals surface area contributed by atoms with Crippen LogP contribution in [0.25, 0.3) is 6.08 Å². The van der Waals surface area contributed by atoms with Crippen LogP contribution in [0, 0.1) is 12.7 Å². The van der Waals surface area contributed by atoms with Gasteiger partial charge in [0.1, 0.15) is 18.2 Å². The number of ether oxygens (including phenoxy) is 2. The number of carbonyl (C=O) groups is 1. The van der Waals surface area contributed by atoms with Gasteiger partial charge in [0.05, 0.1) is 11.2 Å². The van der Waals surface area contributed by atoms with E-state index >= 15 is 0 Å². The second kappa shape index (κ2) is 17.6. The molecular formula is C42H41Cl2FN4O3. The molecule has 4 aromatic carbocycles. The number of piperazine rings is 1. The Balaban J connectivity index is 0.939. The molecule has 6 rings (SSSR count). The Kier molecular flexibility index (Phi) is 12.5. The maximum absolute atomic E-state index is 13.2. The number of aromatic nitrogens is 1. The van der Waals surface area contributed by atoms with Gasteiger partial charge in [-0.2, -0.15) is 0 Å². The zero-order valence-electron chi connectivity index (χ0n) is 29.3. The molecule has 7 nitrogen and oxygen atoms in total. The van der Waals surface area contributed by atoms with E-state index in [0.717, 1.165) is 55.0 Å². The molecule has 0 aliphatic carbocycles. The van der Waals surface area contributed by atoms with Crippen LogP contribution in [0.2, 0.25) is 10.0 Å². The SMILES string of the molecule is Cc1cc(/C=C/C(=O)N2CCN(Cc3ccc(CCN(C)c4ccc(F)cc4)cc3)CC2)cc(Cl)c1Oc1ccc(OCc2ccccc2Cl)cn1. The number of amides is 1. The van der Waals surface area contributed by atoms with Crippen molar-refractivity contribution in [3.8, 4) is 17.4 Å². The highest BCUT2D eigenvalue weighted by Crippen LogP contribution is 2.34. The normalized spacial score (nSPS) is 13.4. The van der Waals surface area contributed by atoms with E-state index in [0.29, 0.717) is 47.1 Å². The van der Waals surface area contributed by atoms with Crippen molar-refractivity contribution in [2.24, 2.45) is 0 Å². The summed E-state index contributed by atoms with van der Waals surface area (Å²) in [5.74, 6) is 1.23. The fourth-order valence-electron chi connectivity index (χ4n) is 5.97. The molecule has 0 unspecified atom stereocenters. The molecule has 1 fully saturated rings. The number of anilines is 1. The summed E-state index contributed by atoms with van der Waals surface area (Å²) in [5.41, 5.74) is 6.03. The van der Waals surface area contributed by atoms with Gasteiger partial charge in [0, 0.05) is 74.7 Å². The van der Waals surface area contributed by atoms with Gasteiger partial charge in [-0.1, -0.05) is 65.7 Å². The molecule has 0 radical (unpaired) electrons. The van der Waals surface area contributed by atoms with Gasteiger partial charge >= 0.3 is 0 Å². The summed E-state index contributed by atoms with van der Waals surface area (Å²) >= 11 is 12.8. The molecular weight excluding hydrogens is 698 g/mol. The smallest absolute Gasteiger partial charge is 0.246 e. The van der Waals surface area contributed by atoms with Crippen LogP contribution in [0.3, 0.4) is 0 Å². The first kappa shape index (κ1) is 36.9. The van der Waals surface area contributed by atoms with E-state index in [4.69, 9.17) is 32.7 Å². The average Bonchev–Trinajstić information content (AvgIpc) is 3.15. The maximum atomic E-state index is 13.2. The van der Waals surface area contributed by atoms with Crippen LogP contribution in [0.4, 0.5) is 10.1 Å². The maximum Gasteiger partial charge on any atom is 0.246 e. The Labute approximate surface area is 314 Å². The third kappa shape index (κ3) is 10.1. The van der Waals surface area contributed by atoms with Gasteiger partial charge in [-0.3, -0.25) is 9.69 Å². The summed E-state index contributed by atoms with van der Waals surface area (Å²) in [6, 6.07) is 30.1. The predicted molar refractivity (Wildman–Crippen MR) is 207 cm³/mol. The minimum absolute atomic E-state index is 0.0234. The van der Waals surface area contributed by atoms with Crippen LogP contribution in [-0.4, -0.2) is 60.5 Å². The van der Waals surface area contributed by atoms with E-state index < -0.39 is 0 Å². The fourth-order valence-corrected chi connectivity index (χ4v) is 6.47. The number of nitrogens with zero attached hydrogens (tertiary/aromatic N) is 4. The zero-order valence-corrected chi connectivity index (χ0v) is 30.8. The summed E-state index contributed by atoms with van der Waals surface area (Å²) < 4.78 is 25.1. The monoisotopic (exact) mass is 738 g/mol. The standard InChI is InChI=1S/C42H41Cl2FN4O3/c1-30-25-33(26-39(44)42(30)52-40-17-16-37(27-46-40)51-29-34-5-3-4-6-38(34)43)11-18-41(50)49-23-21-48(22-24-49)28-32-9-7-31(8-10-32)19-20-47(2)36-14-12-35(45)13-15-36/h3-18,25-27H,19-24,28-29H2,1-2H3/b18-11+. The lowest BCUT2D eigenvalue weighted by Gasteiger charge is -2.34. The van der Waals surface area contributed by atoms with Gasteiger partial charge in [0.2, 0.25) is 11.8 Å². The highest BCUT2D eigenvalue weighted by molar-refractivity contribution is 6.32. The molecule has 1 amide bonds. The van der Waals surface area contributed by atoms with E-state index in [1.165, 1.54) is 23.3 Å². The molecule has 1 aliphatic rings. The lowest BCUT2D eigenvalue weighted by Crippen LogP contribution is -2.47. The van der Waals surface area contributed by atoms with E-state index in [9.17, 15) is 9.18 Å². The second-order valence-corrected chi connectivity index (χ2v) is 13.7. The summed E-state index contributed by atoms with van der Waals surface area (Å²) in [6.45, 7) is 6.88. The number of rotatable bonds is 13. The summed E-state index contributed by atoms with van der Waals surface area (Å²) in [6.07, 6.45) is 5.90. The Morgan fingerprint density at radius 2 is 1.63 bits per heavy atom. The molecule has 10 heteroatoms. The van der Waals surface area contributed by atoms with Crippen molar-refractivity contribution in [3.05, 3.63) is 153 Å². The summed E-state index contributed by atoms with van der Waals surface area (Å²) in [5, 5.41) is 1.07. The molecule has 0 saturated carbocycles. The fraction of sp³-hybridized carbons (Fsp3) is 0.238. The van der Waals surface area contributed by atoms with E-state index in [1.807, 2.05) is 49.2 Å². The van der Waals surface area contributed by atoms with Gasteiger partial charge in [0.25, 0.3) is 0 Å². The molecule has 52 heavy (non-hydrogen) atoms. The number of likely N-dealkylation sites (N-methyl/N-ethyl adjacent to an activating group) is 1. The van der Waals surface area contributed by atoms with E-state index in [1.54, 1.807) is 48.7 Å². The molecule has 0 bridgehead atoms. The van der Waals surface area contributed by atoms with Crippen LogP contribution in [-0.2, 0) is 24.4 Å². The van der Waals surface area contributed by atoms with Crippen LogP contribution in [0.5, 0.6) is 17.4 Å². The Bertz CT molecular complexity index is 1960.